The molecule has 2 N–H and O–H groups in total. The van der Waals surface area contributed by atoms with Crippen molar-refractivity contribution in [2.45, 2.75) is 25.8 Å². The standard InChI is InChI=1S/C14H21N3O3/c1-10-5-6-16(12(7-10)9-15)11-3-4-13(17(18)19)14(8-11)20-2/h3-4,8,10,12H,5-7,9,15H2,1-2H3. The molecule has 2 unspecified atom stereocenters. The molecule has 0 amide bonds. The first-order valence-electron chi connectivity index (χ1n) is 6.86. The SMILES string of the molecule is COc1cc(N2CCC(C)CC2CN)ccc1[N+](=O)[O-]. The molecule has 6 nitrogen and oxygen atoms in total. The molecule has 0 bridgehead atoms. The summed E-state index contributed by atoms with van der Waals surface area (Å²) in [4.78, 5) is 12.7. The Bertz CT molecular complexity index is 493. The monoisotopic (exact) mass is 279 g/mol. The van der Waals surface area contributed by atoms with Crippen LogP contribution in [0.1, 0.15) is 19.8 Å². The number of nitrogens with zero attached hydrogens (tertiary/aromatic N) is 2. The second-order valence-electron chi connectivity index (χ2n) is 5.33. The van der Waals surface area contributed by atoms with E-state index < -0.39 is 4.92 Å². The molecule has 1 aromatic carbocycles. The van der Waals surface area contributed by atoms with Crippen LogP contribution in [0.5, 0.6) is 5.75 Å². The molecule has 0 spiro atoms. The number of ether oxygens (including phenoxy) is 1. The van der Waals surface area contributed by atoms with Gasteiger partial charge in [0, 0.05) is 37.0 Å². The zero-order valence-electron chi connectivity index (χ0n) is 11.9. The number of rotatable bonds is 4. The molecule has 6 heteroatoms. The summed E-state index contributed by atoms with van der Waals surface area (Å²) in [5.74, 6) is 0.960. The van der Waals surface area contributed by atoms with E-state index in [2.05, 4.69) is 11.8 Å². The van der Waals surface area contributed by atoms with Gasteiger partial charge >= 0.3 is 5.69 Å². The van der Waals surface area contributed by atoms with Crippen molar-refractivity contribution in [1.29, 1.82) is 0 Å². The molecule has 1 heterocycles. The molecular formula is C14H21N3O3. The maximum atomic E-state index is 10.9. The van der Waals surface area contributed by atoms with Gasteiger partial charge in [-0.1, -0.05) is 6.92 Å². The van der Waals surface area contributed by atoms with Gasteiger partial charge in [0.25, 0.3) is 0 Å². The summed E-state index contributed by atoms with van der Waals surface area (Å²) in [6, 6.07) is 5.29. The van der Waals surface area contributed by atoms with Crippen LogP contribution in [0.2, 0.25) is 0 Å². The number of nitro groups is 1. The Hall–Kier alpha value is -1.82. The molecule has 0 saturated carbocycles. The van der Waals surface area contributed by atoms with Gasteiger partial charge in [0.1, 0.15) is 0 Å². The van der Waals surface area contributed by atoms with Crippen LogP contribution in [0.25, 0.3) is 0 Å². The summed E-state index contributed by atoms with van der Waals surface area (Å²) < 4.78 is 5.13. The number of nitro benzene ring substituents is 1. The fourth-order valence-electron chi connectivity index (χ4n) is 2.81. The van der Waals surface area contributed by atoms with Crippen molar-refractivity contribution in [2.24, 2.45) is 11.7 Å². The minimum absolute atomic E-state index is 0.00840. The predicted molar refractivity (Wildman–Crippen MR) is 78.2 cm³/mol. The van der Waals surface area contributed by atoms with E-state index in [1.165, 1.54) is 13.2 Å². The van der Waals surface area contributed by atoms with Gasteiger partial charge in [0.05, 0.1) is 12.0 Å². The average Bonchev–Trinajstić information content (AvgIpc) is 2.46. The summed E-state index contributed by atoms with van der Waals surface area (Å²) in [5.41, 5.74) is 6.79. The quantitative estimate of drug-likeness (QED) is 0.674. The molecule has 0 aliphatic carbocycles. The highest BCUT2D eigenvalue weighted by Gasteiger charge is 2.27. The van der Waals surface area contributed by atoms with E-state index in [0.717, 1.165) is 25.1 Å². The Balaban J connectivity index is 2.30. The van der Waals surface area contributed by atoms with Crippen LogP contribution in [0.15, 0.2) is 18.2 Å². The van der Waals surface area contributed by atoms with Crippen molar-refractivity contribution < 1.29 is 9.66 Å². The highest BCUT2D eigenvalue weighted by Crippen LogP contribution is 2.34. The molecule has 0 radical (unpaired) electrons. The van der Waals surface area contributed by atoms with Gasteiger partial charge in [-0.3, -0.25) is 10.1 Å². The van der Waals surface area contributed by atoms with Crippen molar-refractivity contribution in [3.63, 3.8) is 0 Å². The Kier molecular flexibility index (Phi) is 4.44. The highest BCUT2D eigenvalue weighted by atomic mass is 16.6. The minimum Gasteiger partial charge on any atom is -0.490 e. The smallest absolute Gasteiger partial charge is 0.311 e. The molecule has 110 valence electrons. The van der Waals surface area contributed by atoms with Crippen LogP contribution < -0.4 is 15.4 Å². The molecule has 1 aliphatic rings. The second kappa shape index (κ2) is 6.09. The van der Waals surface area contributed by atoms with Crippen molar-refractivity contribution in [3.05, 3.63) is 28.3 Å². The summed E-state index contributed by atoms with van der Waals surface area (Å²) in [7, 11) is 1.45. The van der Waals surface area contributed by atoms with Crippen molar-refractivity contribution in [2.75, 3.05) is 25.1 Å². The van der Waals surface area contributed by atoms with Crippen LogP contribution in [0.4, 0.5) is 11.4 Å². The van der Waals surface area contributed by atoms with Gasteiger partial charge in [0.15, 0.2) is 5.75 Å². The lowest BCUT2D eigenvalue weighted by Gasteiger charge is -2.39. The Morgan fingerprint density at radius 1 is 1.55 bits per heavy atom. The van der Waals surface area contributed by atoms with E-state index in [1.54, 1.807) is 12.1 Å². The Labute approximate surface area is 118 Å². The first kappa shape index (κ1) is 14.6. The predicted octanol–water partition coefficient (Wildman–Crippen LogP) is 2.17. The van der Waals surface area contributed by atoms with Crippen molar-refractivity contribution >= 4 is 11.4 Å². The molecule has 1 fully saturated rings. The number of piperidine rings is 1. The molecule has 1 saturated heterocycles. The number of methoxy groups -OCH3 is 1. The third-order valence-corrected chi connectivity index (χ3v) is 3.94. The lowest BCUT2D eigenvalue weighted by Crippen LogP contribution is -2.46. The Morgan fingerprint density at radius 3 is 2.90 bits per heavy atom. The molecular weight excluding hydrogens is 258 g/mol. The van der Waals surface area contributed by atoms with Crippen molar-refractivity contribution in [3.8, 4) is 5.75 Å². The van der Waals surface area contributed by atoms with E-state index in [4.69, 9.17) is 10.5 Å². The van der Waals surface area contributed by atoms with Crippen molar-refractivity contribution in [1.82, 2.24) is 0 Å². The normalized spacial score (nSPS) is 22.6. The maximum absolute atomic E-state index is 10.9. The molecule has 1 aliphatic heterocycles. The fraction of sp³-hybridized carbons (Fsp3) is 0.571. The molecule has 1 aromatic rings. The average molecular weight is 279 g/mol. The van der Waals surface area contributed by atoms with Gasteiger partial charge in [-0.25, -0.2) is 0 Å². The van der Waals surface area contributed by atoms with Crippen LogP contribution in [-0.2, 0) is 0 Å². The summed E-state index contributed by atoms with van der Waals surface area (Å²) in [6.07, 6.45) is 2.16. The lowest BCUT2D eigenvalue weighted by atomic mass is 9.92. The number of hydrogen-bond donors (Lipinski definition) is 1. The van der Waals surface area contributed by atoms with E-state index in [-0.39, 0.29) is 11.7 Å². The van der Waals surface area contributed by atoms with E-state index in [1.807, 2.05) is 0 Å². The lowest BCUT2D eigenvalue weighted by molar-refractivity contribution is -0.385. The Morgan fingerprint density at radius 2 is 2.30 bits per heavy atom. The fourth-order valence-corrected chi connectivity index (χ4v) is 2.81. The number of anilines is 1. The second-order valence-corrected chi connectivity index (χ2v) is 5.33. The van der Waals surface area contributed by atoms with Gasteiger partial charge in [-0.15, -0.1) is 0 Å². The van der Waals surface area contributed by atoms with Crippen LogP contribution >= 0.6 is 0 Å². The van der Waals surface area contributed by atoms with Gasteiger partial charge in [0.2, 0.25) is 0 Å². The van der Waals surface area contributed by atoms with E-state index in [0.29, 0.717) is 18.2 Å². The summed E-state index contributed by atoms with van der Waals surface area (Å²) in [6.45, 7) is 3.74. The summed E-state index contributed by atoms with van der Waals surface area (Å²) >= 11 is 0. The van der Waals surface area contributed by atoms with Gasteiger partial charge in [-0.05, 0) is 24.8 Å². The molecule has 2 atom stereocenters. The first-order chi connectivity index (χ1) is 9.56. The van der Waals surface area contributed by atoms with E-state index in [9.17, 15) is 10.1 Å². The zero-order valence-corrected chi connectivity index (χ0v) is 11.9. The molecule has 0 aromatic heterocycles. The zero-order chi connectivity index (χ0) is 14.7. The van der Waals surface area contributed by atoms with Gasteiger partial charge in [-0.2, -0.15) is 0 Å². The molecule has 20 heavy (non-hydrogen) atoms. The minimum atomic E-state index is -0.429. The topological polar surface area (TPSA) is 81.6 Å². The largest absolute Gasteiger partial charge is 0.490 e. The maximum Gasteiger partial charge on any atom is 0.311 e. The highest BCUT2D eigenvalue weighted by molar-refractivity contribution is 5.60. The first-order valence-corrected chi connectivity index (χ1v) is 6.86. The van der Waals surface area contributed by atoms with Crippen LogP contribution in [-0.4, -0.2) is 31.2 Å². The third kappa shape index (κ3) is 2.85. The number of hydrogen-bond acceptors (Lipinski definition) is 5. The third-order valence-electron chi connectivity index (χ3n) is 3.94. The van der Waals surface area contributed by atoms with E-state index >= 15 is 0 Å². The molecule has 2 rings (SSSR count). The van der Waals surface area contributed by atoms with Crippen LogP contribution in [0, 0.1) is 16.0 Å². The summed E-state index contributed by atoms with van der Waals surface area (Å²) in [5, 5.41) is 10.9. The van der Waals surface area contributed by atoms with Crippen LogP contribution in [0.3, 0.4) is 0 Å². The van der Waals surface area contributed by atoms with Gasteiger partial charge < -0.3 is 15.4 Å². The number of benzene rings is 1. The number of nitrogens with two attached hydrogens (primary N) is 1.